The highest BCUT2D eigenvalue weighted by Gasteiger charge is 2.15. The van der Waals surface area contributed by atoms with Crippen LogP contribution in [0, 0.1) is 6.92 Å². The molecule has 0 amide bonds. The molecule has 0 radical (unpaired) electrons. The fourth-order valence-corrected chi connectivity index (χ4v) is 4.55. The molecule has 1 unspecified atom stereocenters. The van der Waals surface area contributed by atoms with Gasteiger partial charge in [0.05, 0.1) is 22.8 Å². The van der Waals surface area contributed by atoms with Gasteiger partial charge in [0.15, 0.2) is 0 Å². The fourth-order valence-electron chi connectivity index (χ4n) is 4.55. The van der Waals surface area contributed by atoms with E-state index in [4.69, 9.17) is 9.97 Å². The molecular formula is C31H26N6. The molecule has 6 nitrogen and oxygen atoms in total. The van der Waals surface area contributed by atoms with Gasteiger partial charge in [0.1, 0.15) is 12.1 Å². The molecular weight excluding hydrogens is 456 g/mol. The van der Waals surface area contributed by atoms with Crippen LogP contribution in [0.15, 0.2) is 110 Å². The monoisotopic (exact) mass is 482 g/mol. The summed E-state index contributed by atoms with van der Waals surface area (Å²) >= 11 is 0. The van der Waals surface area contributed by atoms with E-state index in [-0.39, 0.29) is 6.04 Å². The normalized spacial score (nSPS) is 11.9. The standard InChI is InChI=1S/C31H26N6/c1-21-8-6-7-11-26(21)28-19-30(36-31(35-28)34-22(2)23-9-4-3-5-10-23)37-20-33-27-13-12-25(18-29(27)37)24-14-16-32-17-15-24/h3-20,22H,1-2H3,(H,34,35,36). The summed E-state index contributed by atoms with van der Waals surface area (Å²) < 4.78 is 2.03. The van der Waals surface area contributed by atoms with Crippen molar-refractivity contribution < 1.29 is 0 Å². The second kappa shape index (κ2) is 9.66. The maximum Gasteiger partial charge on any atom is 0.225 e. The van der Waals surface area contributed by atoms with Gasteiger partial charge < -0.3 is 5.32 Å². The van der Waals surface area contributed by atoms with Gasteiger partial charge in [-0.1, -0.05) is 60.7 Å². The van der Waals surface area contributed by atoms with Gasteiger partial charge in [-0.25, -0.2) is 9.97 Å². The van der Waals surface area contributed by atoms with E-state index >= 15 is 0 Å². The molecule has 0 aliphatic rings. The SMILES string of the molecule is Cc1ccccc1-c1cc(-n2cnc3ccc(-c4ccncc4)cc32)nc(NC(C)c2ccccc2)n1. The van der Waals surface area contributed by atoms with Gasteiger partial charge in [0.2, 0.25) is 5.95 Å². The first-order valence-electron chi connectivity index (χ1n) is 12.3. The first-order chi connectivity index (χ1) is 18.2. The molecule has 0 fully saturated rings. The van der Waals surface area contributed by atoms with Gasteiger partial charge in [-0.2, -0.15) is 4.98 Å². The Bertz CT molecular complexity index is 1680. The Kier molecular flexibility index (Phi) is 5.91. The highest BCUT2D eigenvalue weighted by molar-refractivity contribution is 5.83. The van der Waals surface area contributed by atoms with E-state index in [1.807, 2.05) is 77.9 Å². The lowest BCUT2D eigenvalue weighted by molar-refractivity contribution is 0.855. The maximum atomic E-state index is 4.94. The summed E-state index contributed by atoms with van der Waals surface area (Å²) in [5.41, 5.74) is 8.34. The molecule has 3 aromatic carbocycles. The molecule has 37 heavy (non-hydrogen) atoms. The minimum atomic E-state index is 0.0407. The van der Waals surface area contributed by atoms with Crippen LogP contribution in [0.3, 0.4) is 0 Å². The summed E-state index contributed by atoms with van der Waals surface area (Å²) in [7, 11) is 0. The quantitative estimate of drug-likeness (QED) is 0.276. The van der Waals surface area contributed by atoms with Crippen molar-refractivity contribution in [2.75, 3.05) is 5.32 Å². The molecule has 6 aromatic rings. The lowest BCUT2D eigenvalue weighted by atomic mass is 10.1. The van der Waals surface area contributed by atoms with Crippen molar-refractivity contribution in [3.05, 3.63) is 121 Å². The van der Waals surface area contributed by atoms with Crippen molar-refractivity contribution in [3.8, 4) is 28.2 Å². The topological polar surface area (TPSA) is 68.5 Å². The molecule has 0 saturated heterocycles. The molecule has 0 bridgehead atoms. The lowest BCUT2D eigenvalue weighted by Gasteiger charge is -2.17. The number of aryl methyl sites for hydroxylation is 1. The molecule has 1 atom stereocenters. The number of fused-ring (bicyclic) bond motifs is 1. The van der Waals surface area contributed by atoms with E-state index in [2.05, 4.69) is 65.5 Å². The summed E-state index contributed by atoms with van der Waals surface area (Å²) in [6.45, 7) is 4.22. The largest absolute Gasteiger partial charge is 0.348 e. The van der Waals surface area contributed by atoms with Crippen molar-refractivity contribution in [1.29, 1.82) is 0 Å². The molecule has 0 saturated carbocycles. The van der Waals surface area contributed by atoms with Gasteiger partial charge >= 0.3 is 0 Å². The van der Waals surface area contributed by atoms with Crippen LogP contribution >= 0.6 is 0 Å². The molecule has 6 heteroatoms. The molecule has 1 N–H and O–H groups in total. The summed E-state index contributed by atoms with van der Waals surface area (Å²) in [5.74, 6) is 1.32. The van der Waals surface area contributed by atoms with Crippen LogP contribution in [-0.4, -0.2) is 24.5 Å². The Morgan fingerprint density at radius 3 is 2.38 bits per heavy atom. The third-order valence-corrected chi connectivity index (χ3v) is 6.59. The van der Waals surface area contributed by atoms with Crippen LogP contribution in [0.2, 0.25) is 0 Å². The number of pyridine rings is 1. The van der Waals surface area contributed by atoms with Crippen LogP contribution in [0.25, 0.3) is 39.2 Å². The average Bonchev–Trinajstić information content (AvgIpc) is 3.37. The number of nitrogens with zero attached hydrogens (tertiary/aromatic N) is 5. The predicted molar refractivity (Wildman–Crippen MR) is 149 cm³/mol. The van der Waals surface area contributed by atoms with Crippen LogP contribution in [0.5, 0.6) is 0 Å². The third-order valence-electron chi connectivity index (χ3n) is 6.59. The Hall–Kier alpha value is -4.84. The van der Waals surface area contributed by atoms with Gasteiger partial charge in [0, 0.05) is 24.0 Å². The molecule has 6 rings (SSSR count). The number of benzene rings is 3. The lowest BCUT2D eigenvalue weighted by Crippen LogP contribution is -2.11. The van der Waals surface area contributed by atoms with Gasteiger partial charge in [-0.3, -0.25) is 9.55 Å². The zero-order valence-corrected chi connectivity index (χ0v) is 20.7. The number of nitrogens with one attached hydrogen (secondary N) is 1. The Labute approximate surface area is 215 Å². The van der Waals surface area contributed by atoms with Crippen LogP contribution < -0.4 is 5.32 Å². The summed E-state index contributed by atoms with van der Waals surface area (Å²) in [6, 6.07) is 31.0. The smallest absolute Gasteiger partial charge is 0.225 e. The van der Waals surface area contributed by atoms with E-state index in [1.54, 1.807) is 0 Å². The molecule has 0 aliphatic carbocycles. The van der Waals surface area contributed by atoms with Crippen molar-refractivity contribution in [1.82, 2.24) is 24.5 Å². The zero-order valence-electron chi connectivity index (χ0n) is 20.7. The highest BCUT2D eigenvalue weighted by Crippen LogP contribution is 2.29. The van der Waals surface area contributed by atoms with E-state index in [0.29, 0.717) is 5.95 Å². The summed E-state index contributed by atoms with van der Waals surface area (Å²) in [6.07, 6.45) is 5.44. The number of imidazole rings is 1. The summed E-state index contributed by atoms with van der Waals surface area (Å²) in [4.78, 5) is 18.7. The van der Waals surface area contributed by atoms with E-state index in [1.165, 1.54) is 5.56 Å². The number of rotatable bonds is 6. The zero-order chi connectivity index (χ0) is 25.2. The minimum absolute atomic E-state index is 0.0407. The van der Waals surface area contributed by atoms with Crippen molar-refractivity contribution in [2.45, 2.75) is 19.9 Å². The molecule has 0 aliphatic heterocycles. The van der Waals surface area contributed by atoms with Crippen LogP contribution in [-0.2, 0) is 0 Å². The first kappa shape index (κ1) is 22.6. The Morgan fingerprint density at radius 1 is 0.784 bits per heavy atom. The van der Waals surface area contributed by atoms with Crippen molar-refractivity contribution in [2.24, 2.45) is 0 Å². The molecule has 0 spiro atoms. The molecule has 3 heterocycles. The molecule has 180 valence electrons. The molecule has 3 aromatic heterocycles. The summed E-state index contributed by atoms with van der Waals surface area (Å²) in [5, 5.41) is 3.51. The minimum Gasteiger partial charge on any atom is -0.348 e. The second-order valence-corrected chi connectivity index (χ2v) is 9.08. The number of aromatic nitrogens is 5. The Balaban J connectivity index is 1.48. The highest BCUT2D eigenvalue weighted by atomic mass is 15.2. The van der Waals surface area contributed by atoms with Gasteiger partial charge in [0.25, 0.3) is 0 Å². The van der Waals surface area contributed by atoms with Crippen molar-refractivity contribution in [3.63, 3.8) is 0 Å². The third kappa shape index (κ3) is 4.57. The van der Waals surface area contributed by atoms with Gasteiger partial charge in [-0.15, -0.1) is 0 Å². The number of hydrogen-bond acceptors (Lipinski definition) is 5. The average molecular weight is 483 g/mol. The Morgan fingerprint density at radius 2 is 1.57 bits per heavy atom. The maximum absolute atomic E-state index is 4.94. The van der Waals surface area contributed by atoms with Crippen LogP contribution in [0.1, 0.15) is 24.1 Å². The van der Waals surface area contributed by atoms with Gasteiger partial charge in [-0.05, 0) is 60.4 Å². The number of hydrogen-bond donors (Lipinski definition) is 1. The van der Waals surface area contributed by atoms with E-state index < -0.39 is 0 Å². The number of anilines is 1. The van der Waals surface area contributed by atoms with E-state index in [9.17, 15) is 0 Å². The van der Waals surface area contributed by atoms with Crippen molar-refractivity contribution >= 4 is 17.0 Å². The van der Waals surface area contributed by atoms with Crippen LogP contribution in [0.4, 0.5) is 5.95 Å². The first-order valence-corrected chi connectivity index (χ1v) is 12.3. The van der Waals surface area contributed by atoms with E-state index in [0.717, 1.165) is 44.8 Å². The second-order valence-electron chi connectivity index (χ2n) is 9.08. The predicted octanol–water partition coefficient (Wildman–Crippen LogP) is 7.03. The fraction of sp³-hybridized carbons (Fsp3) is 0.0968.